The second-order valence-corrected chi connectivity index (χ2v) is 6.05. The molecule has 4 aliphatic rings. The van der Waals surface area contributed by atoms with Crippen LogP contribution < -0.4 is 10.6 Å². The van der Waals surface area contributed by atoms with Gasteiger partial charge in [-0.2, -0.15) is 0 Å². The maximum Gasteiger partial charge on any atom is 0.315 e. The molecule has 0 aromatic carbocycles. The molecule has 5 nitrogen and oxygen atoms in total. The summed E-state index contributed by atoms with van der Waals surface area (Å²) in [5.41, 5.74) is 0. The minimum Gasteiger partial charge on any atom is -0.373 e. The van der Waals surface area contributed by atoms with Crippen molar-refractivity contribution in [2.75, 3.05) is 0 Å². The van der Waals surface area contributed by atoms with Crippen LogP contribution in [-0.4, -0.2) is 42.5 Å². The highest BCUT2D eigenvalue weighted by molar-refractivity contribution is 5.74. The first-order chi connectivity index (χ1) is 8.78. The lowest BCUT2D eigenvalue weighted by Gasteiger charge is -2.24. The normalized spacial score (nSPS) is 48.7. The van der Waals surface area contributed by atoms with E-state index in [0.717, 1.165) is 38.5 Å². The number of ether oxygens (including phenoxy) is 2. The van der Waals surface area contributed by atoms with Crippen LogP contribution in [0.5, 0.6) is 0 Å². The van der Waals surface area contributed by atoms with Gasteiger partial charge in [-0.1, -0.05) is 0 Å². The van der Waals surface area contributed by atoms with E-state index in [0.29, 0.717) is 12.2 Å². The van der Waals surface area contributed by atoms with Crippen molar-refractivity contribution in [1.82, 2.24) is 10.6 Å². The van der Waals surface area contributed by atoms with Gasteiger partial charge in [0, 0.05) is 0 Å². The molecule has 18 heavy (non-hydrogen) atoms. The fourth-order valence-corrected chi connectivity index (χ4v) is 3.96. The van der Waals surface area contributed by atoms with Gasteiger partial charge in [-0.15, -0.1) is 0 Å². The second kappa shape index (κ2) is 4.10. The summed E-state index contributed by atoms with van der Waals surface area (Å²) in [5, 5.41) is 6.13. The third-order valence-corrected chi connectivity index (χ3v) is 4.85. The first-order valence-electron chi connectivity index (χ1n) is 7.16. The molecule has 0 saturated carbocycles. The molecule has 4 aliphatic heterocycles. The largest absolute Gasteiger partial charge is 0.373 e. The van der Waals surface area contributed by atoms with E-state index in [1.807, 2.05) is 0 Å². The highest BCUT2D eigenvalue weighted by atomic mass is 16.5. The Labute approximate surface area is 107 Å². The Morgan fingerprint density at radius 2 is 1.33 bits per heavy atom. The fourth-order valence-electron chi connectivity index (χ4n) is 3.96. The van der Waals surface area contributed by atoms with Crippen LogP contribution in [0, 0.1) is 0 Å². The lowest BCUT2D eigenvalue weighted by Crippen LogP contribution is -2.51. The van der Waals surface area contributed by atoms with Gasteiger partial charge < -0.3 is 20.1 Å². The van der Waals surface area contributed by atoms with Crippen molar-refractivity contribution in [3.63, 3.8) is 0 Å². The summed E-state index contributed by atoms with van der Waals surface area (Å²) in [4.78, 5) is 12.0. The average molecular weight is 252 g/mol. The van der Waals surface area contributed by atoms with E-state index in [-0.39, 0.29) is 30.3 Å². The predicted octanol–water partition coefficient (Wildman–Crippen LogP) is 0.925. The summed E-state index contributed by atoms with van der Waals surface area (Å²) in [6.45, 7) is 0. The smallest absolute Gasteiger partial charge is 0.315 e. The SMILES string of the molecule is O=C(N[C@H]1C[C@H]2CC[C@H]1O2)N[C@H]1C[C@H]2CC[C@H]1O2. The topological polar surface area (TPSA) is 59.6 Å². The van der Waals surface area contributed by atoms with Crippen LogP contribution in [0.15, 0.2) is 0 Å². The molecule has 5 heteroatoms. The van der Waals surface area contributed by atoms with Crippen LogP contribution in [0.4, 0.5) is 4.79 Å². The quantitative estimate of drug-likeness (QED) is 0.768. The van der Waals surface area contributed by atoms with Crippen molar-refractivity contribution in [3.8, 4) is 0 Å². The number of amides is 2. The number of carbonyl (C=O) groups excluding carboxylic acids is 1. The highest BCUT2D eigenvalue weighted by Crippen LogP contribution is 2.35. The van der Waals surface area contributed by atoms with Gasteiger partial charge in [-0.3, -0.25) is 0 Å². The van der Waals surface area contributed by atoms with Crippen LogP contribution >= 0.6 is 0 Å². The molecular formula is C13H20N2O3. The first-order valence-corrected chi connectivity index (χ1v) is 7.16. The monoisotopic (exact) mass is 252 g/mol. The first kappa shape index (κ1) is 11.1. The number of carbonyl (C=O) groups is 1. The van der Waals surface area contributed by atoms with Gasteiger partial charge in [0.15, 0.2) is 0 Å². The zero-order chi connectivity index (χ0) is 12.1. The summed E-state index contributed by atoms with van der Waals surface area (Å²) in [5.74, 6) is 0. The van der Waals surface area contributed by atoms with E-state index in [9.17, 15) is 4.79 Å². The van der Waals surface area contributed by atoms with Gasteiger partial charge in [0.2, 0.25) is 0 Å². The molecular weight excluding hydrogens is 232 g/mol. The van der Waals surface area contributed by atoms with Gasteiger partial charge in [0.05, 0.1) is 36.5 Å². The molecule has 4 heterocycles. The van der Waals surface area contributed by atoms with Crippen molar-refractivity contribution in [2.24, 2.45) is 0 Å². The molecule has 4 fully saturated rings. The summed E-state index contributed by atoms with van der Waals surface area (Å²) in [6, 6.07) is 0.379. The van der Waals surface area contributed by atoms with Gasteiger partial charge in [0.25, 0.3) is 0 Å². The number of nitrogens with one attached hydrogen (secondary N) is 2. The van der Waals surface area contributed by atoms with E-state index >= 15 is 0 Å². The summed E-state index contributed by atoms with van der Waals surface area (Å²) in [6.07, 6.45) is 7.71. The second-order valence-electron chi connectivity index (χ2n) is 6.05. The van der Waals surface area contributed by atoms with Crippen LogP contribution in [0.1, 0.15) is 38.5 Å². The van der Waals surface area contributed by atoms with E-state index in [1.165, 1.54) is 0 Å². The van der Waals surface area contributed by atoms with Gasteiger partial charge >= 0.3 is 6.03 Å². The molecule has 0 spiro atoms. The third kappa shape index (κ3) is 1.80. The molecule has 4 bridgehead atoms. The van der Waals surface area contributed by atoms with Crippen LogP contribution in [0.3, 0.4) is 0 Å². The average Bonchev–Trinajstić information content (AvgIpc) is 3.08. The molecule has 0 aliphatic carbocycles. The third-order valence-electron chi connectivity index (χ3n) is 4.85. The number of fused-ring (bicyclic) bond motifs is 4. The van der Waals surface area contributed by atoms with E-state index < -0.39 is 0 Å². The molecule has 0 unspecified atom stereocenters. The maximum absolute atomic E-state index is 12.0. The van der Waals surface area contributed by atoms with Crippen molar-refractivity contribution in [3.05, 3.63) is 0 Å². The summed E-state index contributed by atoms with van der Waals surface area (Å²) < 4.78 is 11.5. The molecule has 0 aromatic rings. The Kier molecular flexibility index (Phi) is 2.52. The summed E-state index contributed by atoms with van der Waals surface area (Å²) >= 11 is 0. The fraction of sp³-hybridized carbons (Fsp3) is 0.923. The van der Waals surface area contributed by atoms with Gasteiger partial charge in [0.1, 0.15) is 0 Å². The van der Waals surface area contributed by atoms with E-state index in [2.05, 4.69) is 10.6 Å². The zero-order valence-electron chi connectivity index (χ0n) is 10.4. The van der Waals surface area contributed by atoms with Crippen LogP contribution in [0.25, 0.3) is 0 Å². The van der Waals surface area contributed by atoms with Crippen LogP contribution in [-0.2, 0) is 9.47 Å². The maximum atomic E-state index is 12.0. The van der Waals surface area contributed by atoms with Crippen molar-refractivity contribution < 1.29 is 14.3 Å². The Morgan fingerprint density at radius 1 is 0.833 bits per heavy atom. The lowest BCUT2D eigenvalue weighted by molar-refractivity contribution is 0.0957. The molecule has 2 N–H and O–H groups in total. The zero-order valence-corrected chi connectivity index (χ0v) is 10.4. The van der Waals surface area contributed by atoms with Gasteiger partial charge in [-0.05, 0) is 38.5 Å². The van der Waals surface area contributed by atoms with Gasteiger partial charge in [-0.25, -0.2) is 4.79 Å². The minimum absolute atomic E-state index is 0.0442. The standard InChI is InChI=1S/C13H20N2O3/c16-13(14-9-5-7-1-3-11(9)17-7)15-10-6-8-2-4-12(10)18-8/h7-12H,1-6H2,(H2,14,15,16)/t7-,8-,9+,10+,11-,12-/m1/s1. The van der Waals surface area contributed by atoms with Crippen molar-refractivity contribution in [2.45, 2.75) is 75.0 Å². The lowest BCUT2D eigenvalue weighted by atomic mass is 9.95. The Balaban J connectivity index is 1.29. The molecule has 0 aromatic heterocycles. The molecule has 4 rings (SSSR count). The van der Waals surface area contributed by atoms with E-state index in [1.54, 1.807) is 0 Å². The highest BCUT2D eigenvalue weighted by Gasteiger charge is 2.43. The Morgan fingerprint density at radius 3 is 1.67 bits per heavy atom. The van der Waals surface area contributed by atoms with E-state index in [4.69, 9.17) is 9.47 Å². The summed E-state index contributed by atoms with van der Waals surface area (Å²) in [7, 11) is 0. The molecule has 4 saturated heterocycles. The number of urea groups is 1. The number of rotatable bonds is 2. The molecule has 6 atom stereocenters. The molecule has 100 valence electrons. The Bertz CT molecular complexity index is 330. The minimum atomic E-state index is -0.0442. The van der Waals surface area contributed by atoms with Crippen molar-refractivity contribution >= 4 is 6.03 Å². The number of hydrogen-bond donors (Lipinski definition) is 2. The van der Waals surface area contributed by atoms with Crippen molar-refractivity contribution in [1.29, 1.82) is 0 Å². The predicted molar refractivity (Wildman–Crippen MR) is 64.3 cm³/mol. The molecule has 0 radical (unpaired) electrons. The van der Waals surface area contributed by atoms with Crippen LogP contribution in [0.2, 0.25) is 0 Å². The molecule has 2 amide bonds. The number of hydrogen-bond acceptors (Lipinski definition) is 3. The Hall–Kier alpha value is -0.810.